The summed E-state index contributed by atoms with van der Waals surface area (Å²) >= 11 is 9.26. The van der Waals surface area contributed by atoms with Crippen molar-refractivity contribution in [1.29, 1.82) is 0 Å². The van der Waals surface area contributed by atoms with Gasteiger partial charge in [0.1, 0.15) is 0 Å². The van der Waals surface area contributed by atoms with E-state index in [1.807, 2.05) is 29.2 Å². The van der Waals surface area contributed by atoms with E-state index in [9.17, 15) is 4.79 Å². The van der Waals surface area contributed by atoms with Crippen LogP contribution in [0.2, 0.25) is 0 Å². The Bertz CT molecular complexity index is 410. The Balaban J connectivity index is 2.09. The average Bonchev–Trinajstić information content (AvgIpc) is 2.38. The highest BCUT2D eigenvalue weighted by molar-refractivity contribution is 9.10. The first-order chi connectivity index (χ1) is 8.20. The second-order valence-corrected chi connectivity index (χ2v) is 5.65. The zero-order chi connectivity index (χ0) is 12.3. The monoisotopic (exact) mass is 315 g/mol. The quantitative estimate of drug-likeness (QED) is 0.764. The van der Waals surface area contributed by atoms with Crippen molar-refractivity contribution in [3.63, 3.8) is 0 Å². The number of hydrogen-bond acceptors (Lipinski definition) is 1. The maximum Gasteiger partial charge on any atom is 0.253 e. The Morgan fingerprint density at radius 1 is 1.53 bits per heavy atom. The molecule has 1 unspecified atom stereocenters. The zero-order valence-corrected chi connectivity index (χ0v) is 11.9. The SMILES string of the molecule is O=C(c1cccc(Br)c1)N1CCCC(CCl)C1. The first-order valence-electron chi connectivity index (χ1n) is 5.81. The molecule has 1 aromatic carbocycles. The molecule has 1 aromatic rings. The third-order valence-electron chi connectivity index (χ3n) is 3.10. The van der Waals surface area contributed by atoms with Crippen molar-refractivity contribution in [3.05, 3.63) is 34.3 Å². The van der Waals surface area contributed by atoms with Gasteiger partial charge >= 0.3 is 0 Å². The number of nitrogens with zero attached hydrogens (tertiary/aromatic N) is 1. The molecule has 1 aliphatic heterocycles. The maximum absolute atomic E-state index is 12.3. The molecule has 4 heteroatoms. The van der Waals surface area contributed by atoms with E-state index in [1.165, 1.54) is 0 Å². The van der Waals surface area contributed by atoms with Gasteiger partial charge in [-0.3, -0.25) is 4.79 Å². The fourth-order valence-electron chi connectivity index (χ4n) is 2.18. The average molecular weight is 317 g/mol. The van der Waals surface area contributed by atoms with Gasteiger partial charge in [0.05, 0.1) is 0 Å². The summed E-state index contributed by atoms with van der Waals surface area (Å²) < 4.78 is 0.939. The normalized spacial score (nSPS) is 20.4. The third kappa shape index (κ3) is 3.23. The number of piperidine rings is 1. The van der Waals surface area contributed by atoms with Crippen LogP contribution in [-0.2, 0) is 0 Å². The van der Waals surface area contributed by atoms with Crippen molar-refractivity contribution in [2.24, 2.45) is 5.92 Å². The molecule has 0 N–H and O–H groups in total. The van der Waals surface area contributed by atoms with Crippen LogP contribution >= 0.6 is 27.5 Å². The van der Waals surface area contributed by atoms with Crippen molar-refractivity contribution in [2.45, 2.75) is 12.8 Å². The molecular formula is C13H15BrClNO. The summed E-state index contributed by atoms with van der Waals surface area (Å²) in [6, 6.07) is 7.54. The van der Waals surface area contributed by atoms with Gasteiger partial charge in [0, 0.05) is 29.0 Å². The number of alkyl halides is 1. The largest absolute Gasteiger partial charge is 0.338 e. The summed E-state index contributed by atoms with van der Waals surface area (Å²) in [5.41, 5.74) is 0.745. The summed E-state index contributed by atoms with van der Waals surface area (Å²) in [6.45, 7) is 1.63. The molecule has 0 radical (unpaired) electrons. The molecule has 0 saturated carbocycles. The fraction of sp³-hybridized carbons (Fsp3) is 0.462. The van der Waals surface area contributed by atoms with Gasteiger partial charge in [-0.15, -0.1) is 11.6 Å². The molecule has 1 aliphatic rings. The van der Waals surface area contributed by atoms with Crippen LogP contribution in [0.5, 0.6) is 0 Å². The minimum atomic E-state index is 0.112. The van der Waals surface area contributed by atoms with Gasteiger partial charge in [0.15, 0.2) is 0 Å². The predicted octanol–water partition coefficient (Wildman–Crippen LogP) is 3.54. The first kappa shape index (κ1) is 12.9. The molecule has 0 spiro atoms. The highest BCUT2D eigenvalue weighted by Gasteiger charge is 2.23. The number of hydrogen-bond donors (Lipinski definition) is 0. The standard InChI is InChI=1S/C13H15BrClNO/c14-12-5-1-4-11(7-12)13(17)16-6-2-3-10(8-15)9-16/h1,4-5,7,10H,2-3,6,8-9H2. The van der Waals surface area contributed by atoms with Gasteiger partial charge in [0.2, 0.25) is 0 Å². The number of rotatable bonds is 2. The van der Waals surface area contributed by atoms with E-state index >= 15 is 0 Å². The van der Waals surface area contributed by atoms with Gasteiger partial charge in [-0.05, 0) is 37.0 Å². The smallest absolute Gasteiger partial charge is 0.253 e. The molecule has 1 amide bonds. The van der Waals surface area contributed by atoms with Crippen LogP contribution in [0.4, 0.5) is 0 Å². The molecule has 1 fully saturated rings. The van der Waals surface area contributed by atoms with Gasteiger partial charge in [0.25, 0.3) is 5.91 Å². The number of amides is 1. The maximum atomic E-state index is 12.3. The number of carbonyl (C=O) groups excluding carboxylic acids is 1. The number of halogens is 2. The summed E-state index contributed by atoms with van der Waals surface area (Å²) in [7, 11) is 0. The summed E-state index contributed by atoms with van der Waals surface area (Å²) in [4.78, 5) is 14.2. The molecular weight excluding hydrogens is 302 g/mol. The minimum absolute atomic E-state index is 0.112. The lowest BCUT2D eigenvalue weighted by Crippen LogP contribution is -2.40. The highest BCUT2D eigenvalue weighted by Crippen LogP contribution is 2.20. The Labute approximate surface area is 115 Å². The third-order valence-corrected chi connectivity index (χ3v) is 4.03. The molecule has 1 saturated heterocycles. The topological polar surface area (TPSA) is 20.3 Å². The Morgan fingerprint density at radius 2 is 2.35 bits per heavy atom. The van der Waals surface area contributed by atoms with Crippen LogP contribution in [-0.4, -0.2) is 29.8 Å². The molecule has 1 atom stereocenters. The molecule has 2 nitrogen and oxygen atoms in total. The van der Waals surface area contributed by atoms with Gasteiger partial charge in [-0.1, -0.05) is 22.0 Å². The highest BCUT2D eigenvalue weighted by atomic mass is 79.9. The molecule has 1 heterocycles. The van der Waals surface area contributed by atoms with E-state index < -0.39 is 0 Å². The number of likely N-dealkylation sites (tertiary alicyclic amines) is 1. The molecule has 17 heavy (non-hydrogen) atoms. The lowest BCUT2D eigenvalue weighted by molar-refractivity contribution is 0.0685. The van der Waals surface area contributed by atoms with Gasteiger partial charge < -0.3 is 4.90 Å². The van der Waals surface area contributed by atoms with E-state index in [-0.39, 0.29) is 5.91 Å². The summed E-state index contributed by atoms with van der Waals surface area (Å²) in [5.74, 6) is 1.20. The zero-order valence-electron chi connectivity index (χ0n) is 9.53. The number of carbonyl (C=O) groups is 1. The van der Waals surface area contributed by atoms with Crippen molar-refractivity contribution in [3.8, 4) is 0 Å². The van der Waals surface area contributed by atoms with Crippen molar-refractivity contribution in [1.82, 2.24) is 4.90 Å². The number of benzene rings is 1. The summed E-state index contributed by atoms with van der Waals surface area (Å²) in [5, 5.41) is 0. The van der Waals surface area contributed by atoms with E-state index in [4.69, 9.17) is 11.6 Å². The second-order valence-electron chi connectivity index (χ2n) is 4.42. The predicted molar refractivity (Wildman–Crippen MR) is 73.5 cm³/mol. The van der Waals surface area contributed by atoms with Crippen LogP contribution < -0.4 is 0 Å². The molecule has 0 bridgehead atoms. The van der Waals surface area contributed by atoms with Crippen LogP contribution in [0.25, 0.3) is 0 Å². The van der Waals surface area contributed by atoms with Crippen LogP contribution in [0, 0.1) is 5.92 Å². The Kier molecular flexibility index (Phi) is 4.46. The van der Waals surface area contributed by atoms with E-state index in [1.54, 1.807) is 0 Å². The summed E-state index contributed by atoms with van der Waals surface area (Å²) in [6.07, 6.45) is 2.18. The molecule has 92 valence electrons. The van der Waals surface area contributed by atoms with Gasteiger partial charge in [-0.2, -0.15) is 0 Å². The van der Waals surface area contributed by atoms with Crippen molar-refractivity contribution in [2.75, 3.05) is 19.0 Å². The van der Waals surface area contributed by atoms with E-state index in [0.717, 1.165) is 36.0 Å². The first-order valence-corrected chi connectivity index (χ1v) is 7.14. The van der Waals surface area contributed by atoms with E-state index in [0.29, 0.717) is 11.8 Å². The van der Waals surface area contributed by atoms with E-state index in [2.05, 4.69) is 15.9 Å². The van der Waals surface area contributed by atoms with Gasteiger partial charge in [-0.25, -0.2) is 0 Å². The Hall–Kier alpha value is -0.540. The van der Waals surface area contributed by atoms with Crippen molar-refractivity contribution < 1.29 is 4.79 Å². The molecule has 2 rings (SSSR count). The van der Waals surface area contributed by atoms with Crippen LogP contribution in [0.15, 0.2) is 28.7 Å². The molecule has 0 aliphatic carbocycles. The van der Waals surface area contributed by atoms with Crippen molar-refractivity contribution >= 4 is 33.4 Å². The lowest BCUT2D eigenvalue weighted by Gasteiger charge is -2.31. The van der Waals surface area contributed by atoms with Crippen LogP contribution in [0.3, 0.4) is 0 Å². The minimum Gasteiger partial charge on any atom is -0.338 e. The second kappa shape index (κ2) is 5.87. The van der Waals surface area contributed by atoms with Crippen LogP contribution in [0.1, 0.15) is 23.2 Å². The fourth-order valence-corrected chi connectivity index (χ4v) is 2.83. The lowest BCUT2D eigenvalue weighted by atomic mass is 9.99. The molecule has 0 aromatic heterocycles. The Morgan fingerprint density at radius 3 is 3.06 bits per heavy atom.